The maximum absolute atomic E-state index is 12.9. The highest BCUT2D eigenvalue weighted by atomic mass is 32.2. The van der Waals surface area contributed by atoms with Gasteiger partial charge in [0, 0.05) is 13.7 Å². The summed E-state index contributed by atoms with van der Waals surface area (Å²) in [5, 5.41) is 8.17. The van der Waals surface area contributed by atoms with Crippen molar-refractivity contribution in [3.05, 3.63) is 47.5 Å². The van der Waals surface area contributed by atoms with Crippen molar-refractivity contribution >= 4 is 17.7 Å². The van der Waals surface area contributed by atoms with Crippen LogP contribution in [0.2, 0.25) is 0 Å². The summed E-state index contributed by atoms with van der Waals surface area (Å²) in [6.07, 6.45) is 1.83. The van der Waals surface area contributed by atoms with Gasteiger partial charge in [-0.1, -0.05) is 17.3 Å². The molecule has 1 saturated heterocycles. The average Bonchev–Trinajstić information content (AvgIpc) is 3.14. The number of amides is 1. The molecule has 1 aromatic heterocycles. The van der Waals surface area contributed by atoms with Gasteiger partial charge in [0.15, 0.2) is 0 Å². The standard InChI is InChI=1S/C15H17FN4O2S/c1-22-7-6-20-14(21)10-23-15(20)13-9-19(18-17-13)8-11-2-4-12(16)5-3-11/h2-5,9,15H,6-8,10H2,1H3/t15-/m0/s1. The molecule has 1 aliphatic heterocycles. The van der Waals surface area contributed by atoms with E-state index in [0.717, 1.165) is 11.3 Å². The maximum Gasteiger partial charge on any atom is 0.233 e. The molecule has 1 aromatic carbocycles. The van der Waals surface area contributed by atoms with Crippen LogP contribution in [0.4, 0.5) is 4.39 Å². The first-order valence-corrected chi connectivity index (χ1v) is 8.27. The third kappa shape index (κ3) is 3.70. The third-order valence-corrected chi connectivity index (χ3v) is 4.80. The van der Waals surface area contributed by atoms with Crippen LogP contribution in [0, 0.1) is 5.82 Å². The molecule has 0 bridgehead atoms. The van der Waals surface area contributed by atoms with E-state index < -0.39 is 0 Å². The number of aromatic nitrogens is 3. The van der Waals surface area contributed by atoms with E-state index >= 15 is 0 Å². The first kappa shape index (κ1) is 15.9. The summed E-state index contributed by atoms with van der Waals surface area (Å²) < 4.78 is 19.7. The lowest BCUT2D eigenvalue weighted by atomic mass is 10.2. The molecule has 3 rings (SSSR count). The second kappa shape index (κ2) is 7.10. The monoisotopic (exact) mass is 336 g/mol. The van der Waals surface area contributed by atoms with E-state index in [1.54, 1.807) is 28.8 Å². The zero-order valence-corrected chi connectivity index (χ0v) is 13.5. The van der Waals surface area contributed by atoms with Crippen molar-refractivity contribution in [3.8, 4) is 0 Å². The van der Waals surface area contributed by atoms with E-state index in [0.29, 0.717) is 25.4 Å². The molecule has 122 valence electrons. The van der Waals surface area contributed by atoms with E-state index in [1.165, 1.54) is 23.9 Å². The summed E-state index contributed by atoms with van der Waals surface area (Å²) in [7, 11) is 1.61. The Labute approximate surface area is 137 Å². The number of benzene rings is 1. The van der Waals surface area contributed by atoms with Crippen molar-refractivity contribution in [1.29, 1.82) is 0 Å². The highest BCUT2D eigenvalue weighted by Gasteiger charge is 2.34. The number of thioether (sulfide) groups is 1. The quantitative estimate of drug-likeness (QED) is 0.803. The summed E-state index contributed by atoms with van der Waals surface area (Å²) >= 11 is 1.54. The molecule has 0 aliphatic carbocycles. The van der Waals surface area contributed by atoms with Crippen LogP contribution in [0.25, 0.3) is 0 Å². The molecule has 2 aromatic rings. The minimum Gasteiger partial charge on any atom is -0.383 e. The fraction of sp³-hybridized carbons (Fsp3) is 0.400. The van der Waals surface area contributed by atoms with Crippen molar-refractivity contribution < 1.29 is 13.9 Å². The summed E-state index contributed by atoms with van der Waals surface area (Å²) in [4.78, 5) is 13.7. The van der Waals surface area contributed by atoms with Crippen LogP contribution >= 0.6 is 11.8 Å². The first-order chi connectivity index (χ1) is 11.2. The maximum atomic E-state index is 12.9. The Morgan fingerprint density at radius 3 is 2.91 bits per heavy atom. The lowest BCUT2D eigenvalue weighted by molar-refractivity contribution is -0.128. The second-order valence-corrected chi connectivity index (χ2v) is 6.28. The number of hydrogen-bond donors (Lipinski definition) is 0. The number of halogens is 1. The van der Waals surface area contributed by atoms with E-state index in [1.807, 2.05) is 6.20 Å². The predicted molar refractivity (Wildman–Crippen MR) is 84.3 cm³/mol. The van der Waals surface area contributed by atoms with Crippen molar-refractivity contribution in [3.63, 3.8) is 0 Å². The summed E-state index contributed by atoms with van der Waals surface area (Å²) in [5.41, 5.74) is 1.69. The fourth-order valence-corrected chi connectivity index (χ4v) is 3.56. The molecule has 23 heavy (non-hydrogen) atoms. The minimum atomic E-state index is -0.261. The molecule has 0 N–H and O–H groups in total. The Kier molecular flexibility index (Phi) is 4.92. The van der Waals surface area contributed by atoms with Gasteiger partial charge in [0.2, 0.25) is 5.91 Å². The number of carbonyl (C=O) groups excluding carboxylic acids is 1. The topological polar surface area (TPSA) is 60.2 Å². The highest BCUT2D eigenvalue weighted by Crippen LogP contribution is 2.37. The van der Waals surface area contributed by atoms with Crippen LogP contribution in [0.15, 0.2) is 30.5 Å². The Hall–Kier alpha value is -1.93. The van der Waals surface area contributed by atoms with E-state index in [-0.39, 0.29) is 17.1 Å². The molecule has 1 aliphatic rings. The van der Waals surface area contributed by atoms with Gasteiger partial charge in [0.25, 0.3) is 0 Å². The number of ether oxygens (including phenoxy) is 1. The normalized spacial score (nSPS) is 17.9. The largest absolute Gasteiger partial charge is 0.383 e. The molecule has 6 nitrogen and oxygen atoms in total. The van der Waals surface area contributed by atoms with E-state index in [4.69, 9.17) is 4.74 Å². The van der Waals surface area contributed by atoms with E-state index in [2.05, 4.69) is 10.3 Å². The smallest absolute Gasteiger partial charge is 0.233 e. The Morgan fingerprint density at radius 1 is 1.39 bits per heavy atom. The molecule has 1 atom stereocenters. The molecule has 1 fully saturated rings. The number of nitrogens with zero attached hydrogens (tertiary/aromatic N) is 4. The predicted octanol–water partition coefficient (Wildman–Crippen LogP) is 1.69. The highest BCUT2D eigenvalue weighted by molar-refractivity contribution is 8.00. The number of rotatable bonds is 6. The summed E-state index contributed by atoms with van der Waals surface area (Å²) in [6.45, 7) is 1.54. The third-order valence-electron chi connectivity index (χ3n) is 3.57. The molecule has 1 amide bonds. The van der Waals surface area contributed by atoms with E-state index in [9.17, 15) is 9.18 Å². The van der Waals surface area contributed by atoms with Crippen LogP contribution in [-0.2, 0) is 16.1 Å². The van der Waals surface area contributed by atoms with Crippen LogP contribution in [0.3, 0.4) is 0 Å². The molecular formula is C15H17FN4O2S. The Morgan fingerprint density at radius 2 is 2.17 bits per heavy atom. The first-order valence-electron chi connectivity index (χ1n) is 7.22. The van der Waals surface area contributed by atoms with Crippen LogP contribution in [-0.4, -0.2) is 51.8 Å². The van der Waals surface area contributed by atoms with Gasteiger partial charge in [-0.2, -0.15) is 0 Å². The van der Waals surface area contributed by atoms with Gasteiger partial charge in [0.05, 0.1) is 25.1 Å². The zero-order chi connectivity index (χ0) is 16.2. The Balaban J connectivity index is 1.70. The van der Waals surface area contributed by atoms with Crippen molar-refractivity contribution in [2.75, 3.05) is 26.0 Å². The van der Waals surface area contributed by atoms with Gasteiger partial charge >= 0.3 is 0 Å². The zero-order valence-electron chi connectivity index (χ0n) is 12.7. The SMILES string of the molecule is COCCN1C(=O)CS[C@H]1c1cn(Cc2ccc(F)cc2)nn1. The summed E-state index contributed by atoms with van der Waals surface area (Å²) in [5.74, 6) is 0.270. The molecule has 0 unspecified atom stereocenters. The molecule has 8 heteroatoms. The molecule has 0 saturated carbocycles. The molecule has 0 spiro atoms. The lowest BCUT2D eigenvalue weighted by Gasteiger charge is -2.21. The van der Waals surface area contributed by atoms with Gasteiger partial charge in [-0.05, 0) is 17.7 Å². The van der Waals surface area contributed by atoms with Gasteiger partial charge < -0.3 is 9.64 Å². The molecule has 2 heterocycles. The summed E-state index contributed by atoms with van der Waals surface area (Å²) in [6, 6.07) is 6.28. The molecular weight excluding hydrogens is 319 g/mol. The van der Waals surface area contributed by atoms with Crippen molar-refractivity contribution in [2.24, 2.45) is 0 Å². The minimum absolute atomic E-state index is 0.0881. The molecule has 0 radical (unpaired) electrons. The van der Waals surface area contributed by atoms with Crippen molar-refractivity contribution in [2.45, 2.75) is 11.9 Å². The number of hydrogen-bond acceptors (Lipinski definition) is 5. The van der Waals surface area contributed by atoms with Crippen LogP contribution in [0.1, 0.15) is 16.6 Å². The van der Waals surface area contributed by atoms with Crippen LogP contribution in [0.5, 0.6) is 0 Å². The lowest BCUT2D eigenvalue weighted by Crippen LogP contribution is -2.31. The average molecular weight is 336 g/mol. The number of methoxy groups -OCH3 is 1. The van der Waals surface area contributed by atoms with Crippen molar-refractivity contribution in [1.82, 2.24) is 19.9 Å². The van der Waals surface area contributed by atoms with Gasteiger partial charge in [0.1, 0.15) is 16.9 Å². The second-order valence-electron chi connectivity index (χ2n) is 5.21. The Bertz CT molecular complexity index is 676. The fourth-order valence-electron chi connectivity index (χ4n) is 2.41. The van der Waals surface area contributed by atoms with Gasteiger partial charge in [-0.25, -0.2) is 9.07 Å². The van der Waals surface area contributed by atoms with Gasteiger partial charge in [-0.15, -0.1) is 16.9 Å². The van der Waals surface area contributed by atoms with Gasteiger partial charge in [-0.3, -0.25) is 4.79 Å². The van der Waals surface area contributed by atoms with Crippen LogP contribution < -0.4 is 0 Å². The number of carbonyl (C=O) groups is 1.